The minimum atomic E-state index is -0.991. The number of aliphatic hydroxyl groups is 1. The molecule has 112 valence electrons. The predicted octanol–water partition coefficient (Wildman–Crippen LogP) is 2.84. The minimum absolute atomic E-state index is 0.0894. The zero-order valence-electron chi connectivity index (χ0n) is 13.1. The lowest BCUT2D eigenvalue weighted by Crippen LogP contribution is -2.48. The van der Waals surface area contributed by atoms with Crippen molar-refractivity contribution in [2.75, 3.05) is 0 Å². The van der Waals surface area contributed by atoms with Gasteiger partial charge in [-0.05, 0) is 25.0 Å². The summed E-state index contributed by atoms with van der Waals surface area (Å²) in [6.45, 7) is 9.41. The van der Waals surface area contributed by atoms with Crippen molar-refractivity contribution in [1.29, 1.82) is 0 Å². The second-order valence-corrected chi connectivity index (χ2v) is 6.22. The van der Waals surface area contributed by atoms with Gasteiger partial charge in [-0.3, -0.25) is 9.78 Å². The lowest BCUT2D eigenvalue weighted by atomic mass is 9.85. The van der Waals surface area contributed by atoms with E-state index in [0.717, 1.165) is 0 Å². The summed E-state index contributed by atoms with van der Waals surface area (Å²) in [7, 11) is 0. The lowest BCUT2D eigenvalue weighted by molar-refractivity contribution is -0.132. The number of rotatable bonds is 5. The molecule has 1 aromatic rings. The van der Waals surface area contributed by atoms with Crippen molar-refractivity contribution in [2.24, 2.45) is 5.41 Å². The van der Waals surface area contributed by atoms with E-state index >= 15 is 0 Å². The number of nitrogens with zero attached hydrogens (tertiary/aromatic N) is 1. The van der Waals surface area contributed by atoms with E-state index in [1.807, 2.05) is 52.8 Å². The second-order valence-electron chi connectivity index (χ2n) is 6.22. The Morgan fingerprint density at radius 3 is 2.30 bits per heavy atom. The van der Waals surface area contributed by atoms with Crippen molar-refractivity contribution in [3.63, 3.8) is 0 Å². The SMILES string of the molecule is CCC(O)(CC)C(NC(=O)C(C)(C)C)c1ccccn1. The molecule has 0 aliphatic rings. The fraction of sp³-hybridized carbons (Fsp3) is 0.625. The zero-order chi connectivity index (χ0) is 15.4. The van der Waals surface area contributed by atoms with E-state index in [1.54, 1.807) is 6.20 Å². The van der Waals surface area contributed by atoms with Gasteiger partial charge in [0.1, 0.15) is 0 Å². The van der Waals surface area contributed by atoms with Crippen LogP contribution in [0.15, 0.2) is 24.4 Å². The summed E-state index contributed by atoms with van der Waals surface area (Å²) >= 11 is 0. The summed E-state index contributed by atoms with van der Waals surface area (Å²) in [6, 6.07) is 5.03. The number of aromatic nitrogens is 1. The molecule has 0 saturated carbocycles. The molecule has 0 radical (unpaired) electrons. The number of carbonyl (C=O) groups excluding carboxylic acids is 1. The van der Waals surface area contributed by atoms with E-state index in [1.165, 1.54) is 0 Å². The van der Waals surface area contributed by atoms with Crippen LogP contribution in [0.3, 0.4) is 0 Å². The molecule has 0 aliphatic carbocycles. The molecule has 4 nitrogen and oxygen atoms in total. The molecule has 0 aliphatic heterocycles. The monoisotopic (exact) mass is 278 g/mol. The number of amides is 1. The maximum Gasteiger partial charge on any atom is 0.226 e. The highest BCUT2D eigenvalue weighted by Crippen LogP contribution is 2.31. The van der Waals surface area contributed by atoms with Crippen molar-refractivity contribution >= 4 is 5.91 Å². The standard InChI is InChI=1S/C16H26N2O2/c1-6-16(20,7-2)13(12-10-8-9-11-17-12)18-14(19)15(3,4)5/h8-11,13,20H,6-7H2,1-5H3,(H,18,19). The maximum absolute atomic E-state index is 12.3. The first kappa shape index (κ1) is 16.6. The van der Waals surface area contributed by atoms with Crippen LogP contribution in [0, 0.1) is 5.41 Å². The van der Waals surface area contributed by atoms with Gasteiger partial charge in [0.2, 0.25) is 5.91 Å². The molecule has 0 saturated heterocycles. The Bertz CT molecular complexity index is 434. The topological polar surface area (TPSA) is 62.2 Å². The lowest BCUT2D eigenvalue weighted by Gasteiger charge is -2.36. The van der Waals surface area contributed by atoms with Crippen LogP contribution in [-0.4, -0.2) is 21.6 Å². The first-order chi connectivity index (χ1) is 9.24. The van der Waals surface area contributed by atoms with Gasteiger partial charge in [-0.15, -0.1) is 0 Å². The molecule has 4 heteroatoms. The largest absolute Gasteiger partial charge is 0.387 e. The average Bonchev–Trinajstić information content (AvgIpc) is 2.43. The summed E-state index contributed by atoms with van der Waals surface area (Å²) in [6.07, 6.45) is 2.78. The van der Waals surface area contributed by atoms with Gasteiger partial charge < -0.3 is 10.4 Å². The van der Waals surface area contributed by atoms with Crippen molar-refractivity contribution in [3.8, 4) is 0 Å². The molecule has 20 heavy (non-hydrogen) atoms. The first-order valence-electron chi connectivity index (χ1n) is 7.19. The van der Waals surface area contributed by atoms with E-state index in [-0.39, 0.29) is 5.91 Å². The number of nitrogens with one attached hydrogen (secondary N) is 1. The fourth-order valence-corrected chi connectivity index (χ4v) is 2.04. The number of pyridine rings is 1. The highest BCUT2D eigenvalue weighted by atomic mass is 16.3. The summed E-state index contributed by atoms with van der Waals surface area (Å²) in [4.78, 5) is 16.6. The van der Waals surface area contributed by atoms with Crippen LogP contribution in [0.25, 0.3) is 0 Å². The number of carbonyl (C=O) groups is 1. The summed E-state index contributed by atoms with van der Waals surface area (Å²) < 4.78 is 0. The third-order valence-corrected chi connectivity index (χ3v) is 3.70. The second kappa shape index (κ2) is 6.35. The average molecular weight is 278 g/mol. The van der Waals surface area contributed by atoms with Gasteiger partial charge in [0.25, 0.3) is 0 Å². The minimum Gasteiger partial charge on any atom is -0.387 e. The highest BCUT2D eigenvalue weighted by Gasteiger charge is 2.38. The first-order valence-corrected chi connectivity index (χ1v) is 7.19. The van der Waals surface area contributed by atoms with Gasteiger partial charge in [-0.2, -0.15) is 0 Å². The van der Waals surface area contributed by atoms with Crippen molar-refractivity contribution in [3.05, 3.63) is 30.1 Å². The molecule has 1 aromatic heterocycles. The summed E-state index contributed by atoms with van der Waals surface area (Å²) in [5, 5.41) is 13.8. The Hall–Kier alpha value is -1.42. The molecule has 0 bridgehead atoms. The van der Waals surface area contributed by atoms with E-state index in [9.17, 15) is 9.90 Å². The Balaban J connectivity index is 3.13. The Kier molecular flexibility index (Phi) is 5.28. The molecule has 0 aromatic carbocycles. The van der Waals surface area contributed by atoms with E-state index in [0.29, 0.717) is 18.5 Å². The van der Waals surface area contributed by atoms with Crippen LogP contribution in [0.2, 0.25) is 0 Å². The Morgan fingerprint density at radius 1 is 1.30 bits per heavy atom. The van der Waals surface area contributed by atoms with Crippen LogP contribution in [-0.2, 0) is 4.79 Å². The molecule has 2 N–H and O–H groups in total. The van der Waals surface area contributed by atoms with Crippen LogP contribution < -0.4 is 5.32 Å². The summed E-state index contributed by atoms with van der Waals surface area (Å²) in [5.41, 5.74) is -0.804. The van der Waals surface area contributed by atoms with Crippen LogP contribution in [0.1, 0.15) is 59.2 Å². The molecule has 1 unspecified atom stereocenters. The van der Waals surface area contributed by atoms with Gasteiger partial charge in [0.15, 0.2) is 0 Å². The van der Waals surface area contributed by atoms with Crippen molar-refractivity contribution in [1.82, 2.24) is 10.3 Å². The van der Waals surface area contributed by atoms with Gasteiger partial charge >= 0.3 is 0 Å². The molecule has 1 atom stereocenters. The summed E-state index contributed by atoms with van der Waals surface area (Å²) in [5.74, 6) is -0.0894. The molecule has 1 amide bonds. The molecule has 1 heterocycles. The van der Waals surface area contributed by atoms with E-state index in [2.05, 4.69) is 10.3 Å². The van der Waals surface area contributed by atoms with Crippen LogP contribution >= 0.6 is 0 Å². The molecule has 0 spiro atoms. The van der Waals surface area contributed by atoms with Gasteiger partial charge in [0.05, 0.1) is 17.3 Å². The maximum atomic E-state index is 12.3. The molecular weight excluding hydrogens is 252 g/mol. The zero-order valence-corrected chi connectivity index (χ0v) is 13.1. The normalized spacial score (nSPS) is 13.9. The van der Waals surface area contributed by atoms with Crippen molar-refractivity contribution < 1.29 is 9.90 Å². The Labute approximate surface area is 121 Å². The third-order valence-electron chi connectivity index (χ3n) is 3.70. The van der Waals surface area contributed by atoms with Crippen LogP contribution in [0.5, 0.6) is 0 Å². The number of hydrogen-bond acceptors (Lipinski definition) is 3. The van der Waals surface area contributed by atoms with Crippen molar-refractivity contribution in [2.45, 2.75) is 59.1 Å². The third kappa shape index (κ3) is 3.79. The van der Waals surface area contributed by atoms with E-state index in [4.69, 9.17) is 0 Å². The quantitative estimate of drug-likeness (QED) is 0.870. The number of hydrogen-bond donors (Lipinski definition) is 2. The molecule has 1 rings (SSSR count). The fourth-order valence-electron chi connectivity index (χ4n) is 2.04. The van der Waals surface area contributed by atoms with Gasteiger partial charge in [-0.1, -0.05) is 40.7 Å². The van der Waals surface area contributed by atoms with E-state index < -0.39 is 17.1 Å². The smallest absolute Gasteiger partial charge is 0.226 e. The van der Waals surface area contributed by atoms with Gasteiger partial charge in [-0.25, -0.2) is 0 Å². The molecular formula is C16H26N2O2. The van der Waals surface area contributed by atoms with Gasteiger partial charge in [0, 0.05) is 11.6 Å². The molecule has 0 fully saturated rings. The predicted molar refractivity (Wildman–Crippen MR) is 80.1 cm³/mol. The highest BCUT2D eigenvalue weighted by molar-refractivity contribution is 5.81. The van der Waals surface area contributed by atoms with Crippen LogP contribution in [0.4, 0.5) is 0 Å². The Morgan fingerprint density at radius 2 is 1.90 bits per heavy atom.